The van der Waals surface area contributed by atoms with Gasteiger partial charge in [0.1, 0.15) is 11.5 Å². The highest BCUT2D eigenvalue weighted by Crippen LogP contribution is 2.21. The minimum Gasteiger partial charge on any atom is -0.351 e. The summed E-state index contributed by atoms with van der Waals surface area (Å²) in [6.07, 6.45) is 5.77. The summed E-state index contributed by atoms with van der Waals surface area (Å²) in [6.45, 7) is 2.63. The molecule has 2 aliphatic rings. The van der Waals surface area contributed by atoms with E-state index in [1.54, 1.807) is 6.20 Å². The Labute approximate surface area is 153 Å². The van der Waals surface area contributed by atoms with E-state index in [0.717, 1.165) is 37.1 Å². The molecular formula is C20H24N4O2. The first-order chi connectivity index (χ1) is 12.6. The summed E-state index contributed by atoms with van der Waals surface area (Å²) in [5.74, 6) is 0.888. The van der Waals surface area contributed by atoms with Gasteiger partial charge in [-0.3, -0.25) is 9.59 Å². The molecule has 2 aromatic rings. The number of fused-ring (bicyclic) bond motifs is 1. The number of carbonyl (C=O) groups excluding carboxylic acids is 2. The van der Waals surface area contributed by atoms with Crippen molar-refractivity contribution in [2.75, 3.05) is 0 Å². The predicted molar refractivity (Wildman–Crippen MR) is 97.8 cm³/mol. The third-order valence-corrected chi connectivity index (χ3v) is 5.05. The highest BCUT2D eigenvalue weighted by Gasteiger charge is 2.28. The lowest BCUT2D eigenvalue weighted by molar-refractivity contribution is -0.121. The molecule has 0 spiro atoms. The zero-order chi connectivity index (χ0) is 18.1. The average Bonchev–Trinajstić information content (AvgIpc) is 3.32. The summed E-state index contributed by atoms with van der Waals surface area (Å²) in [5, 5.41) is 6.12. The van der Waals surface area contributed by atoms with Gasteiger partial charge >= 0.3 is 0 Å². The molecule has 2 N–H and O–H groups in total. The molecule has 0 bridgehead atoms. The minimum absolute atomic E-state index is 0.0198. The predicted octanol–water partition coefficient (Wildman–Crippen LogP) is 1.76. The zero-order valence-corrected chi connectivity index (χ0v) is 15.0. The third kappa shape index (κ3) is 3.79. The number of rotatable bonds is 5. The van der Waals surface area contributed by atoms with Gasteiger partial charge in [-0.05, 0) is 31.7 Å². The Bertz CT molecular complexity index is 821. The van der Waals surface area contributed by atoms with Crippen molar-refractivity contribution in [1.82, 2.24) is 20.2 Å². The van der Waals surface area contributed by atoms with Gasteiger partial charge in [0.05, 0.1) is 12.6 Å². The number of hydrogen-bond acceptors (Lipinski definition) is 3. The van der Waals surface area contributed by atoms with Gasteiger partial charge in [-0.15, -0.1) is 0 Å². The quantitative estimate of drug-likeness (QED) is 0.861. The van der Waals surface area contributed by atoms with Crippen molar-refractivity contribution in [2.45, 2.75) is 57.7 Å². The van der Waals surface area contributed by atoms with Crippen molar-refractivity contribution in [3.05, 3.63) is 53.1 Å². The van der Waals surface area contributed by atoms with Crippen molar-refractivity contribution in [3.8, 4) is 0 Å². The Hall–Kier alpha value is -2.63. The normalized spacial score (nSPS) is 18.9. The SMILES string of the molecule is Cc1ccc(CC(=O)N[C@H]2CCc3ncc(C(=O)NC4CC4)n3C2)cc1. The monoisotopic (exact) mass is 352 g/mol. The zero-order valence-electron chi connectivity index (χ0n) is 15.0. The number of benzene rings is 1. The minimum atomic E-state index is -0.0575. The average molecular weight is 352 g/mol. The fourth-order valence-corrected chi connectivity index (χ4v) is 3.39. The Morgan fingerprint density at radius 1 is 1.12 bits per heavy atom. The third-order valence-electron chi connectivity index (χ3n) is 5.05. The van der Waals surface area contributed by atoms with E-state index < -0.39 is 0 Å². The molecule has 0 unspecified atom stereocenters. The lowest BCUT2D eigenvalue weighted by Crippen LogP contribution is -2.42. The van der Waals surface area contributed by atoms with E-state index in [1.165, 1.54) is 5.56 Å². The molecule has 1 aromatic carbocycles. The number of amides is 2. The van der Waals surface area contributed by atoms with Gasteiger partial charge in [-0.2, -0.15) is 0 Å². The number of nitrogens with one attached hydrogen (secondary N) is 2. The molecule has 1 aliphatic carbocycles. The Kier molecular flexibility index (Phi) is 4.49. The first kappa shape index (κ1) is 16.8. The molecule has 0 radical (unpaired) electrons. The highest BCUT2D eigenvalue weighted by molar-refractivity contribution is 5.93. The fraction of sp³-hybridized carbons (Fsp3) is 0.450. The van der Waals surface area contributed by atoms with E-state index in [2.05, 4.69) is 15.6 Å². The number of nitrogens with zero attached hydrogens (tertiary/aromatic N) is 2. The molecule has 136 valence electrons. The number of carbonyl (C=O) groups is 2. The molecule has 26 heavy (non-hydrogen) atoms. The largest absolute Gasteiger partial charge is 0.351 e. The van der Waals surface area contributed by atoms with Crippen LogP contribution in [0.5, 0.6) is 0 Å². The van der Waals surface area contributed by atoms with Crippen LogP contribution in [0.2, 0.25) is 0 Å². The molecule has 1 fully saturated rings. The summed E-state index contributed by atoms with van der Waals surface area (Å²) in [7, 11) is 0. The highest BCUT2D eigenvalue weighted by atomic mass is 16.2. The molecule has 1 aromatic heterocycles. The summed E-state index contributed by atoms with van der Waals surface area (Å²) < 4.78 is 1.96. The van der Waals surface area contributed by atoms with Crippen LogP contribution in [0.1, 0.15) is 46.7 Å². The van der Waals surface area contributed by atoms with E-state index in [0.29, 0.717) is 24.7 Å². The second-order valence-corrected chi connectivity index (χ2v) is 7.38. The molecule has 6 heteroatoms. The van der Waals surface area contributed by atoms with Crippen molar-refractivity contribution in [1.29, 1.82) is 0 Å². The number of aromatic nitrogens is 2. The van der Waals surface area contributed by atoms with Crippen molar-refractivity contribution in [2.24, 2.45) is 0 Å². The Balaban J connectivity index is 1.38. The summed E-state index contributed by atoms with van der Waals surface area (Å²) in [4.78, 5) is 29.1. The van der Waals surface area contributed by atoms with Crippen LogP contribution < -0.4 is 10.6 Å². The Morgan fingerprint density at radius 2 is 1.88 bits per heavy atom. The molecule has 1 saturated carbocycles. The first-order valence-electron chi connectivity index (χ1n) is 9.28. The molecule has 2 heterocycles. The lowest BCUT2D eigenvalue weighted by Gasteiger charge is -2.26. The Morgan fingerprint density at radius 3 is 2.62 bits per heavy atom. The van der Waals surface area contributed by atoms with Crippen LogP contribution in [-0.4, -0.2) is 33.4 Å². The van der Waals surface area contributed by atoms with Crippen LogP contribution in [0, 0.1) is 6.92 Å². The molecule has 0 saturated heterocycles. The van der Waals surface area contributed by atoms with E-state index in [1.807, 2.05) is 35.8 Å². The summed E-state index contributed by atoms with van der Waals surface area (Å²) >= 11 is 0. The maximum Gasteiger partial charge on any atom is 0.269 e. The van der Waals surface area contributed by atoms with Crippen LogP contribution in [0.15, 0.2) is 30.5 Å². The van der Waals surface area contributed by atoms with Gasteiger partial charge in [0, 0.05) is 25.0 Å². The van der Waals surface area contributed by atoms with Gasteiger partial charge in [0.2, 0.25) is 5.91 Å². The molecule has 1 atom stereocenters. The van der Waals surface area contributed by atoms with Crippen molar-refractivity contribution < 1.29 is 9.59 Å². The van der Waals surface area contributed by atoms with E-state index >= 15 is 0 Å². The maximum atomic E-state index is 12.4. The van der Waals surface area contributed by atoms with Gasteiger partial charge in [-0.25, -0.2) is 4.98 Å². The molecule has 6 nitrogen and oxygen atoms in total. The van der Waals surface area contributed by atoms with Gasteiger partial charge in [0.25, 0.3) is 5.91 Å². The smallest absolute Gasteiger partial charge is 0.269 e. The molecule has 1 aliphatic heterocycles. The fourth-order valence-electron chi connectivity index (χ4n) is 3.39. The topological polar surface area (TPSA) is 76.0 Å². The summed E-state index contributed by atoms with van der Waals surface area (Å²) in [5.41, 5.74) is 2.80. The second kappa shape index (κ2) is 6.94. The molecule has 4 rings (SSSR count). The maximum absolute atomic E-state index is 12.4. The van der Waals surface area contributed by atoms with Crippen LogP contribution >= 0.6 is 0 Å². The standard InChI is InChI=1S/C20H24N4O2/c1-13-2-4-14(5-3-13)10-19(25)22-16-8-9-18-21-11-17(24(18)12-16)20(26)23-15-6-7-15/h2-5,11,15-16H,6-10,12H2,1H3,(H,22,25)(H,23,26)/t16-/m0/s1. The van der Waals surface area contributed by atoms with Crippen molar-refractivity contribution >= 4 is 11.8 Å². The van der Waals surface area contributed by atoms with Gasteiger partial charge in [-0.1, -0.05) is 29.8 Å². The van der Waals surface area contributed by atoms with E-state index in [-0.39, 0.29) is 17.9 Å². The second-order valence-electron chi connectivity index (χ2n) is 7.38. The number of imidazole rings is 1. The van der Waals surface area contributed by atoms with Gasteiger partial charge in [0.15, 0.2) is 0 Å². The van der Waals surface area contributed by atoms with Gasteiger partial charge < -0.3 is 15.2 Å². The molecule has 2 amide bonds. The van der Waals surface area contributed by atoms with Crippen LogP contribution in [0.4, 0.5) is 0 Å². The van der Waals surface area contributed by atoms with Crippen LogP contribution in [0.3, 0.4) is 0 Å². The number of hydrogen-bond donors (Lipinski definition) is 2. The van der Waals surface area contributed by atoms with E-state index in [4.69, 9.17) is 0 Å². The van der Waals surface area contributed by atoms with E-state index in [9.17, 15) is 9.59 Å². The molecular weight excluding hydrogens is 328 g/mol. The first-order valence-corrected chi connectivity index (χ1v) is 9.28. The summed E-state index contributed by atoms with van der Waals surface area (Å²) in [6, 6.07) is 8.37. The number of aryl methyl sites for hydroxylation is 2. The van der Waals surface area contributed by atoms with Crippen LogP contribution in [-0.2, 0) is 24.2 Å². The lowest BCUT2D eigenvalue weighted by atomic mass is 10.1. The van der Waals surface area contributed by atoms with Crippen molar-refractivity contribution in [3.63, 3.8) is 0 Å². The van der Waals surface area contributed by atoms with Crippen LogP contribution in [0.25, 0.3) is 0 Å².